The summed E-state index contributed by atoms with van der Waals surface area (Å²) >= 11 is 0. The fourth-order valence-electron chi connectivity index (χ4n) is 1.47. The zero-order chi connectivity index (χ0) is 9.84. The molecule has 0 aromatic rings. The molecule has 1 saturated heterocycles. The van der Waals surface area contributed by atoms with Crippen molar-refractivity contribution in [2.45, 2.75) is 18.6 Å². The number of hydrogen-bond donors (Lipinski definition) is 2. The Labute approximate surface area is 77.5 Å². The molecule has 76 valence electrons. The number of likely N-dealkylation sites (tertiary alicyclic amines) is 1. The van der Waals surface area contributed by atoms with Gasteiger partial charge in [-0.3, -0.25) is 4.79 Å². The highest BCUT2D eigenvalue weighted by molar-refractivity contribution is 5.76. The quantitative estimate of drug-likeness (QED) is 0.568. The van der Waals surface area contributed by atoms with Gasteiger partial charge in [0.15, 0.2) is 0 Å². The standard InChI is InChI=1S/C8H16N2O3/c1-13-7-5-10(4-6(7)11)8(12)2-3-9/h6-7,11H,2-5,9H2,1H3/t6-,7-/m0/s1. The van der Waals surface area contributed by atoms with Crippen molar-refractivity contribution >= 4 is 5.91 Å². The number of nitrogens with two attached hydrogens (primary N) is 1. The van der Waals surface area contributed by atoms with Crippen molar-refractivity contribution < 1.29 is 14.6 Å². The lowest BCUT2D eigenvalue weighted by Crippen LogP contribution is -2.31. The van der Waals surface area contributed by atoms with Gasteiger partial charge in [-0.2, -0.15) is 0 Å². The van der Waals surface area contributed by atoms with Crippen molar-refractivity contribution in [3.8, 4) is 0 Å². The molecular weight excluding hydrogens is 172 g/mol. The molecule has 5 nitrogen and oxygen atoms in total. The van der Waals surface area contributed by atoms with Crippen LogP contribution in [0.5, 0.6) is 0 Å². The minimum atomic E-state index is -0.563. The zero-order valence-corrected chi connectivity index (χ0v) is 7.77. The van der Waals surface area contributed by atoms with Gasteiger partial charge in [0.05, 0.1) is 6.10 Å². The molecule has 1 rings (SSSR count). The van der Waals surface area contributed by atoms with Crippen molar-refractivity contribution in [2.75, 3.05) is 26.7 Å². The lowest BCUT2D eigenvalue weighted by atomic mass is 10.3. The van der Waals surface area contributed by atoms with E-state index < -0.39 is 6.10 Å². The second kappa shape index (κ2) is 4.55. The second-order valence-corrected chi connectivity index (χ2v) is 3.18. The fraction of sp³-hybridized carbons (Fsp3) is 0.875. The first kappa shape index (κ1) is 10.4. The number of nitrogens with zero attached hydrogens (tertiary/aromatic N) is 1. The molecule has 0 spiro atoms. The first-order chi connectivity index (χ1) is 6.19. The Morgan fingerprint density at radius 1 is 1.69 bits per heavy atom. The molecule has 13 heavy (non-hydrogen) atoms. The summed E-state index contributed by atoms with van der Waals surface area (Å²) in [7, 11) is 1.53. The van der Waals surface area contributed by atoms with Gasteiger partial charge in [-0.05, 0) is 0 Å². The van der Waals surface area contributed by atoms with Crippen molar-refractivity contribution in [1.29, 1.82) is 0 Å². The summed E-state index contributed by atoms with van der Waals surface area (Å²) in [5.41, 5.74) is 5.26. The van der Waals surface area contributed by atoms with Crippen LogP contribution in [0.15, 0.2) is 0 Å². The van der Waals surface area contributed by atoms with E-state index >= 15 is 0 Å². The van der Waals surface area contributed by atoms with Gasteiger partial charge in [-0.25, -0.2) is 0 Å². The SMILES string of the molecule is CO[C@H]1CN(C(=O)CCN)C[C@@H]1O. The molecule has 1 aliphatic heterocycles. The van der Waals surface area contributed by atoms with E-state index in [0.29, 0.717) is 26.1 Å². The molecule has 0 saturated carbocycles. The van der Waals surface area contributed by atoms with Crippen molar-refractivity contribution in [3.05, 3.63) is 0 Å². The highest BCUT2D eigenvalue weighted by atomic mass is 16.5. The number of aliphatic hydroxyl groups excluding tert-OH is 1. The molecule has 0 bridgehead atoms. The van der Waals surface area contributed by atoms with Crippen LogP contribution < -0.4 is 5.73 Å². The normalized spacial score (nSPS) is 28.1. The third-order valence-corrected chi connectivity index (χ3v) is 2.25. The molecule has 1 aliphatic rings. The summed E-state index contributed by atoms with van der Waals surface area (Å²) in [6, 6.07) is 0. The number of carbonyl (C=O) groups excluding carboxylic acids is 1. The Morgan fingerprint density at radius 2 is 2.38 bits per heavy atom. The van der Waals surface area contributed by atoms with Crippen molar-refractivity contribution in [1.82, 2.24) is 4.90 Å². The van der Waals surface area contributed by atoms with Crippen LogP contribution in [-0.4, -0.2) is 54.9 Å². The van der Waals surface area contributed by atoms with Crippen LogP contribution in [0.2, 0.25) is 0 Å². The number of aliphatic hydroxyl groups is 1. The molecule has 3 N–H and O–H groups in total. The maximum atomic E-state index is 11.3. The monoisotopic (exact) mass is 188 g/mol. The van der Waals surface area contributed by atoms with Crippen molar-refractivity contribution in [2.24, 2.45) is 5.73 Å². The zero-order valence-electron chi connectivity index (χ0n) is 7.77. The van der Waals surface area contributed by atoms with E-state index in [1.807, 2.05) is 0 Å². The molecule has 2 atom stereocenters. The van der Waals surface area contributed by atoms with E-state index in [0.717, 1.165) is 0 Å². The van der Waals surface area contributed by atoms with Crippen LogP contribution in [0.3, 0.4) is 0 Å². The number of β-amino-alcohol motifs (C(OH)–C–C–N with tert-alkyl or cyclic N) is 1. The lowest BCUT2D eigenvalue weighted by molar-refractivity contribution is -0.130. The molecule has 1 amide bonds. The Morgan fingerprint density at radius 3 is 2.85 bits per heavy atom. The number of methoxy groups -OCH3 is 1. The van der Waals surface area contributed by atoms with Crippen LogP contribution in [0.4, 0.5) is 0 Å². The van der Waals surface area contributed by atoms with Gasteiger partial charge in [0.25, 0.3) is 0 Å². The smallest absolute Gasteiger partial charge is 0.224 e. The molecular formula is C8H16N2O3. The molecule has 1 heterocycles. The average molecular weight is 188 g/mol. The van der Waals surface area contributed by atoms with E-state index in [2.05, 4.69) is 0 Å². The van der Waals surface area contributed by atoms with E-state index in [-0.39, 0.29) is 12.0 Å². The summed E-state index contributed by atoms with van der Waals surface area (Å²) in [5, 5.41) is 9.43. The van der Waals surface area contributed by atoms with Gasteiger partial charge in [-0.15, -0.1) is 0 Å². The van der Waals surface area contributed by atoms with E-state index in [1.165, 1.54) is 7.11 Å². The Kier molecular flexibility index (Phi) is 3.65. The molecule has 5 heteroatoms. The molecule has 0 aromatic carbocycles. The van der Waals surface area contributed by atoms with Gasteiger partial charge in [-0.1, -0.05) is 0 Å². The molecule has 0 radical (unpaired) electrons. The molecule has 0 unspecified atom stereocenters. The average Bonchev–Trinajstić information content (AvgIpc) is 2.47. The summed E-state index contributed by atoms with van der Waals surface area (Å²) in [5.74, 6) is -0.0129. The Hall–Kier alpha value is -0.650. The predicted molar refractivity (Wildman–Crippen MR) is 47.1 cm³/mol. The number of ether oxygens (including phenoxy) is 1. The van der Waals surface area contributed by atoms with Gasteiger partial charge in [0.1, 0.15) is 6.10 Å². The molecule has 0 aromatic heterocycles. The molecule has 0 aliphatic carbocycles. The minimum Gasteiger partial charge on any atom is -0.388 e. The topological polar surface area (TPSA) is 75.8 Å². The van der Waals surface area contributed by atoms with Gasteiger partial charge < -0.3 is 20.5 Å². The van der Waals surface area contributed by atoms with E-state index in [9.17, 15) is 9.90 Å². The van der Waals surface area contributed by atoms with Crippen LogP contribution in [0.25, 0.3) is 0 Å². The Bertz CT molecular complexity index is 186. The van der Waals surface area contributed by atoms with Crippen LogP contribution >= 0.6 is 0 Å². The maximum Gasteiger partial charge on any atom is 0.224 e. The van der Waals surface area contributed by atoms with E-state index in [4.69, 9.17) is 10.5 Å². The number of rotatable bonds is 3. The maximum absolute atomic E-state index is 11.3. The molecule has 1 fully saturated rings. The van der Waals surface area contributed by atoms with Crippen molar-refractivity contribution in [3.63, 3.8) is 0 Å². The summed E-state index contributed by atoms with van der Waals surface area (Å²) in [6.07, 6.45) is -0.475. The van der Waals surface area contributed by atoms with Gasteiger partial charge in [0.2, 0.25) is 5.91 Å². The second-order valence-electron chi connectivity index (χ2n) is 3.18. The number of hydrogen-bond acceptors (Lipinski definition) is 4. The largest absolute Gasteiger partial charge is 0.388 e. The van der Waals surface area contributed by atoms with Gasteiger partial charge >= 0.3 is 0 Å². The summed E-state index contributed by atoms with van der Waals surface area (Å²) in [4.78, 5) is 12.9. The first-order valence-electron chi connectivity index (χ1n) is 4.37. The fourth-order valence-corrected chi connectivity index (χ4v) is 1.47. The van der Waals surface area contributed by atoms with Crippen LogP contribution in [-0.2, 0) is 9.53 Å². The third-order valence-electron chi connectivity index (χ3n) is 2.25. The number of amides is 1. The number of carbonyl (C=O) groups is 1. The van der Waals surface area contributed by atoms with Crippen LogP contribution in [0.1, 0.15) is 6.42 Å². The highest BCUT2D eigenvalue weighted by Crippen LogP contribution is 2.13. The minimum absolute atomic E-state index is 0.0129. The first-order valence-corrected chi connectivity index (χ1v) is 4.37. The summed E-state index contributed by atoms with van der Waals surface area (Å²) in [6.45, 7) is 1.18. The Balaban J connectivity index is 2.43. The lowest BCUT2D eigenvalue weighted by Gasteiger charge is -2.14. The van der Waals surface area contributed by atoms with Crippen LogP contribution in [0, 0.1) is 0 Å². The van der Waals surface area contributed by atoms with E-state index in [1.54, 1.807) is 4.90 Å². The predicted octanol–water partition coefficient (Wildman–Crippen LogP) is -1.45. The third kappa shape index (κ3) is 2.40. The highest BCUT2D eigenvalue weighted by Gasteiger charge is 2.33. The van der Waals surface area contributed by atoms with Gasteiger partial charge in [0, 0.05) is 33.2 Å². The summed E-state index contributed by atoms with van der Waals surface area (Å²) < 4.78 is 5.01.